The van der Waals surface area contributed by atoms with Crippen LogP contribution < -0.4 is 4.74 Å². The van der Waals surface area contributed by atoms with Gasteiger partial charge in [0.15, 0.2) is 0 Å². The summed E-state index contributed by atoms with van der Waals surface area (Å²) in [7, 11) is 0. The Morgan fingerprint density at radius 2 is 1.86 bits per heavy atom. The Balaban J connectivity index is 1.15. The maximum Gasteiger partial charge on any atom is 0.272 e. The highest BCUT2D eigenvalue weighted by molar-refractivity contribution is 5.92. The first-order valence-corrected chi connectivity index (χ1v) is 14.9. The molecule has 2 saturated carbocycles. The Morgan fingerprint density at radius 1 is 1.05 bits per heavy atom. The van der Waals surface area contributed by atoms with E-state index in [1.54, 1.807) is 0 Å². The van der Waals surface area contributed by atoms with Gasteiger partial charge in [0.1, 0.15) is 18.1 Å². The van der Waals surface area contributed by atoms with Crippen molar-refractivity contribution < 1.29 is 9.53 Å². The quantitative estimate of drug-likeness (QED) is 0.538. The van der Waals surface area contributed by atoms with Crippen LogP contribution in [-0.2, 0) is 13.0 Å². The van der Waals surface area contributed by atoms with Gasteiger partial charge in [-0.15, -0.1) is 0 Å². The van der Waals surface area contributed by atoms with Gasteiger partial charge >= 0.3 is 0 Å². The van der Waals surface area contributed by atoms with Gasteiger partial charge in [0.05, 0.1) is 5.69 Å². The van der Waals surface area contributed by atoms with Crippen LogP contribution in [0.2, 0.25) is 0 Å². The number of ether oxygens (including phenoxy) is 1. The number of rotatable bonds is 5. The molecule has 6 heteroatoms. The molecule has 1 aromatic heterocycles. The molecule has 2 aliphatic carbocycles. The van der Waals surface area contributed by atoms with Crippen molar-refractivity contribution in [2.24, 2.45) is 11.3 Å². The van der Waals surface area contributed by atoms with E-state index >= 15 is 0 Å². The van der Waals surface area contributed by atoms with Crippen molar-refractivity contribution in [3.63, 3.8) is 0 Å². The zero-order chi connectivity index (χ0) is 25.2. The summed E-state index contributed by atoms with van der Waals surface area (Å²) < 4.78 is 8.24. The minimum absolute atomic E-state index is 0.184. The third kappa shape index (κ3) is 5.89. The normalized spacial score (nSPS) is 23.1. The van der Waals surface area contributed by atoms with Crippen molar-refractivity contribution in [3.05, 3.63) is 47.3 Å². The fraction of sp³-hybridized carbons (Fsp3) is 0.677. The Morgan fingerprint density at radius 3 is 2.62 bits per heavy atom. The third-order valence-corrected chi connectivity index (χ3v) is 9.24. The highest BCUT2D eigenvalue weighted by Gasteiger charge is 2.39. The Bertz CT molecular complexity index is 1080. The number of aromatic nitrogens is 2. The SMILES string of the molecule is CCn1nc(C2CC2)cc1C(=O)N1CCC2(CCCCc3ccccc3OCCN(CC3CC3)C2)CC1. The molecule has 4 aliphatic rings. The molecule has 3 fully saturated rings. The van der Waals surface area contributed by atoms with Crippen molar-refractivity contribution in [3.8, 4) is 5.75 Å². The largest absolute Gasteiger partial charge is 0.492 e. The predicted octanol–water partition coefficient (Wildman–Crippen LogP) is 5.52. The van der Waals surface area contributed by atoms with Gasteiger partial charge in [0.2, 0.25) is 0 Å². The zero-order valence-corrected chi connectivity index (χ0v) is 22.7. The summed E-state index contributed by atoms with van der Waals surface area (Å²) in [5.74, 6) is 2.71. The molecule has 1 spiro atoms. The first-order chi connectivity index (χ1) is 18.1. The average Bonchev–Trinajstić information content (AvgIpc) is 3.86. The highest BCUT2D eigenvalue weighted by atomic mass is 16.5. The highest BCUT2D eigenvalue weighted by Crippen LogP contribution is 2.41. The summed E-state index contributed by atoms with van der Waals surface area (Å²) in [4.78, 5) is 18.4. The van der Waals surface area contributed by atoms with Crippen molar-refractivity contribution in [2.75, 3.05) is 39.3 Å². The molecule has 0 N–H and O–H groups in total. The molecule has 3 heterocycles. The number of benzene rings is 1. The molecule has 6 nitrogen and oxygen atoms in total. The van der Waals surface area contributed by atoms with E-state index in [0.29, 0.717) is 11.3 Å². The molecule has 0 unspecified atom stereocenters. The number of amides is 1. The van der Waals surface area contributed by atoms with Gasteiger partial charge in [-0.25, -0.2) is 0 Å². The summed E-state index contributed by atoms with van der Waals surface area (Å²) in [6, 6.07) is 10.7. The van der Waals surface area contributed by atoms with Gasteiger partial charge < -0.3 is 9.64 Å². The van der Waals surface area contributed by atoms with Crippen molar-refractivity contribution in [1.29, 1.82) is 0 Å². The summed E-state index contributed by atoms with van der Waals surface area (Å²) in [5.41, 5.74) is 3.57. The molecule has 0 radical (unpaired) electrons. The number of carbonyl (C=O) groups is 1. The van der Waals surface area contributed by atoms with Crippen LogP contribution in [-0.4, -0.2) is 64.8 Å². The summed E-state index contributed by atoms with van der Waals surface area (Å²) in [6.45, 7) is 8.68. The molecule has 1 aromatic carbocycles. The Kier molecular flexibility index (Phi) is 7.29. The predicted molar refractivity (Wildman–Crippen MR) is 146 cm³/mol. The summed E-state index contributed by atoms with van der Waals surface area (Å²) in [5, 5.41) is 4.76. The number of para-hydroxylation sites is 1. The second kappa shape index (κ2) is 10.8. The number of nitrogens with zero attached hydrogens (tertiary/aromatic N) is 4. The third-order valence-electron chi connectivity index (χ3n) is 9.24. The smallest absolute Gasteiger partial charge is 0.272 e. The van der Waals surface area contributed by atoms with Crippen molar-refractivity contribution >= 4 is 5.91 Å². The van der Waals surface area contributed by atoms with Crippen molar-refractivity contribution in [1.82, 2.24) is 19.6 Å². The van der Waals surface area contributed by atoms with E-state index in [1.165, 1.54) is 57.1 Å². The molecular formula is C31H44N4O2. The van der Waals surface area contributed by atoms with Crippen LogP contribution in [0.4, 0.5) is 0 Å². The molecule has 2 aromatic rings. The second-order valence-electron chi connectivity index (χ2n) is 12.2. The van der Waals surface area contributed by atoms with Gasteiger partial charge in [-0.1, -0.05) is 24.6 Å². The van der Waals surface area contributed by atoms with Gasteiger partial charge in [-0.3, -0.25) is 14.4 Å². The number of hydrogen-bond acceptors (Lipinski definition) is 4. The van der Waals surface area contributed by atoms with Crippen LogP contribution in [0.15, 0.2) is 30.3 Å². The number of fused-ring (bicyclic) bond motifs is 1. The molecule has 37 heavy (non-hydrogen) atoms. The van der Waals surface area contributed by atoms with E-state index in [0.717, 1.165) is 81.6 Å². The van der Waals surface area contributed by atoms with Crippen LogP contribution in [0, 0.1) is 11.3 Å². The van der Waals surface area contributed by atoms with E-state index in [4.69, 9.17) is 9.84 Å². The summed E-state index contributed by atoms with van der Waals surface area (Å²) in [6.07, 6.45) is 12.2. The molecule has 1 saturated heterocycles. The lowest BCUT2D eigenvalue weighted by Crippen LogP contribution is -2.49. The molecular weight excluding hydrogens is 460 g/mol. The topological polar surface area (TPSA) is 50.6 Å². The lowest BCUT2D eigenvalue weighted by atomic mass is 9.73. The fourth-order valence-corrected chi connectivity index (χ4v) is 6.59. The lowest BCUT2D eigenvalue weighted by molar-refractivity contribution is 0.0361. The number of carbonyl (C=O) groups excluding carboxylic acids is 1. The van der Waals surface area contributed by atoms with E-state index in [2.05, 4.69) is 47.1 Å². The number of hydrogen-bond donors (Lipinski definition) is 0. The minimum Gasteiger partial charge on any atom is -0.492 e. The molecule has 6 rings (SSSR count). The molecule has 200 valence electrons. The van der Waals surface area contributed by atoms with Gasteiger partial charge in [-0.2, -0.15) is 5.10 Å². The first-order valence-electron chi connectivity index (χ1n) is 14.9. The van der Waals surface area contributed by atoms with Gasteiger partial charge in [0, 0.05) is 45.2 Å². The summed E-state index contributed by atoms with van der Waals surface area (Å²) >= 11 is 0. The van der Waals surface area contributed by atoms with E-state index in [9.17, 15) is 4.79 Å². The van der Waals surface area contributed by atoms with Gasteiger partial charge in [-0.05, 0) is 93.7 Å². The lowest BCUT2D eigenvalue weighted by Gasteiger charge is -2.45. The number of likely N-dealkylation sites (tertiary alicyclic amines) is 1. The Labute approximate surface area is 222 Å². The van der Waals surface area contributed by atoms with E-state index < -0.39 is 0 Å². The van der Waals surface area contributed by atoms with Crippen LogP contribution in [0.1, 0.15) is 92.4 Å². The number of aryl methyl sites for hydroxylation is 2. The second-order valence-corrected chi connectivity index (χ2v) is 12.2. The van der Waals surface area contributed by atoms with Gasteiger partial charge in [0.25, 0.3) is 5.91 Å². The van der Waals surface area contributed by atoms with Crippen LogP contribution >= 0.6 is 0 Å². The molecule has 1 amide bonds. The van der Waals surface area contributed by atoms with E-state index in [-0.39, 0.29) is 5.91 Å². The molecule has 0 bridgehead atoms. The van der Waals surface area contributed by atoms with E-state index in [1.807, 2.05) is 4.68 Å². The maximum absolute atomic E-state index is 13.6. The molecule has 2 aliphatic heterocycles. The standard InChI is InChI=1S/C31H44N4O2/c1-2-35-28(21-27(32-35)25-12-13-25)30(36)34-17-15-31(16-18-34)14-6-5-8-26-7-3-4-9-29(26)37-20-19-33(23-31)22-24-10-11-24/h3-4,7,9,21,24-25H,2,5-6,8,10-20,22-23H2,1H3. The first kappa shape index (κ1) is 25.0. The average molecular weight is 505 g/mol. The Hall–Kier alpha value is -2.34. The van der Waals surface area contributed by atoms with Crippen LogP contribution in [0.25, 0.3) is 0 Å². The zero-order valence-electron chi connectivity index (χ0n) is 22.7. The fourth-order valence-electron chi connectivity index (χ4n) is 6.59. The molecule has 0 atom stereocenters. The van der Waals surface area contributed by atoms with Crippen LogP contribution in [0.5, 0.6) is 5.75 Å². The number of piperidine rings is 1. The van der Waals surface area contributed by atoms with Crippen molar-refractivity contribution in [2.45, 2.75) is 83.6 Å². The van der Waals surface area contributed by atoms with Crippen LogP contribution in [0.3, 0.4) is 0 Å². The maximum atomic E-state index is 13.6. The monoisotopic (exact) mass is 504 g/mol. The minimum atomic E-state index is 0.184.